The van der Waals surface area contributed by atoms with Crippen molar-refractivity contribution < 1.29 is 9.59 Å². The normalized spacial score (nSPS) is 14.4. The van der Waals surface area contributed by atoms with Crippen LogP contribution in [0.1, 0.15) is 27.3 Å². The Balaban J connectivity index is 1.32. The largest absolute Gasteiger partial charge is 0.382 e. The second-order valence-electron chi connectivity index (χ2n) is 8.52. The molecule has 1 fully saturated rings. The van der Waals surface area contributed by atoms with Crippen molar-refractivity contribution in [3.05, 3.63) is 66.2 Å². The van der Waals surface area contributed by atoms with Gasteiger partial charge in [0.05, 0.1) is 23.8 Å². The molecule has 3 heterocycles. The molecule has 1 aliphatic heterocycles. The first-order valence-electron chi connectivity index (χ1n) is 11.6. The number of carbonyl (C=O) groups is 2. The molecule has 0 radical (unpaired) electrons. The molecule has 0 spiro atoms. The lowest BCUT2D eigenvalue weighted by molar-refractivity contribution is 0.0948. The van der Waals surface area contributed by atoms with E-state index in [2.05, 4.69) is 42.4 Å². The lowest BCUT2D eigenvalue weighted by atomic mass is 10.1. The van der Waals surface area contributed by atoms with Crippen molar-refractivity contribution >= 4 is 23.3 Å². The van der Waals surface area contributed by atoms with Gasteiger partial charge in [0.1, 0.15) is 0 Å². The molecule has 1 aliphatic rings. The van der Waals surface area contributed by atoms with Crippen LogP contribution < -0.4 is 16.4 Å². The average Bonchev–Trinajstić information content (AvgIpc) is 2.88. The van der Waals surface area contributed by atoms with Gasteiger partial charge in [-0.3, -0.25) is 14.6 Å². The van der Waals surface area contributed by atoms with Crippen molar-refractivity contribution in [3.8, 4) is 11.3 Å². The van der Waals surface area contributed by atoms with Crippen LogP contribution in [0.2, 0.25) is 0 Å². The van der Waals surface area contributed by atoms with E-state index >= 15 is 0 Å². The van der Waals surface area contributed by atoms with Gasteiger partial charge in [-0.05, 0) is 44.3 Å². The third-order valence-corrected chi connectivity index (χ3v) is 5.91. The summed E-state index contributed by atoms with van der Waals surface area (Å²) >= 11 is 0. The summed E-state index contributed by atoms with van der Waals surface area (Å²) in [6.45, 7) is 5.95. The number of anilines is 2. The highest BCUT2D eigenvalue weighted by molar-refractivity contribution is 6.05. The Morgan fingerprint density at radius 2 is 1.80 bits per heavy atom. The van der Waals surface area contributed by atoms with Crippen molar-refractivity contribution in [1.82, 2.24) is 30.1 Å². The topological polar surface area (TPSA) is 129 Å². The maximum absolute atomic E-state index is 12.6. The molecule has 0 atom stereocenters. The van der Waals surface area contributed by atoms with Gasteiger partial charge in [0.2, 0.25) is 0 Å². The minimum absolute atomic E-state index is 0.0218. The Hall–Kier alpha value is -3.89. The number of nitrogens with one attached hydrogen (secondary N) is 2. The SMILES string of the molecule is CN1CCN(CCCNC(=O)c2ccc(-c3cnc(N)c(C(=O)Nc4cccnc4)n3)cc2)CC1. The van der Waals surface area contributed by atoms with Gasteiger partial charge in [-0.25, -0.2) is 9.97 Å². The molecule has 2 amide bonds. The molecular formula is C25H30N8O2. The number of rotatable bonds is 8. The number of amides is 2. The molecule has 10 nitrogen and oxygen atoms in total. The fourth-order valence-electron chi connectivity index (χ4n) is 3.80. The van der Waals surface area contributed by atoms with Crippen LogP contribution in [0.5, 0.6) is 0 Å². The van der Waals surface area contributed by atoms with Crippen LogP contribution in [0.3, 0.4) is 0 Å². The number of benzene rings is 1. The summed E-state index contributed by atoms with van der Waals surface area (Å²) in [4.78, 5) is 42.4. The summed E-state index contributed by atoms with van der Waals surface area (Å²) in [5.41, 5.74) is 8.21. The number of carbonyl (C=O) groups excluding carboxylic acids is 2. The van der Waals surface area contributed by atoms with Crippen LogP contribution >= 0.6 is 0 Å². The molecule has 3 aromatic rings. The van der Waals surface area contributed by atoms with Gasteiger partial charge in [-0.2, -0.15) is 0 Å². The van der Waals surface area contributed by atoms with Crippen LogP contribution in [-0.2, 0) is 0 Å². The van der Waals surface area contributed by atoms with Crippen LogP contribution in [-0.4, -0.2) is 82.9 Å². The highest BCUT2D eigenvalue weighted by Gasteiger charge is 2.16. The molecule has 4 N–H and O–H groups in total. The number of hydrogen-bond acceptors (Lipinski definition) is 8. The molecule has 182 valence electrons. The standard InChI is InChI=1S/C25H30N8O2/c1-32-12-14-33(15-13-32)11-3-10-28-24(34)19-7-5-18(6-8-19)21-17-29-23(26)22(31-21)25(35)30-20-4-2-9-27-16-20/h2,4-9,16-17H,3,10-15H2,1H3,(H2,26,29)(H,28,34)(H,30,35). The maximum Gasteiger partial charge on any atom is 0.278 e. The van der Waals surface area contributed by atoms with Gasteiger partial charge in [-0.1, -0.05) is 12.1 Å². The molecule has 0 unspecified atom stereocenters. The summed E-state index contributed by atoms with van der Waals surface area (Å²) in [6, 6.07) is 10.5. The van der Waals surface area contributed by atoms with Crippen molar-refractivity contribution in [1.29, 1.82) is 0 Å². The van der Waals surface area contributed by atoms with E-state index in [1.165, 1.54) is 12.4 Å². The van der Waals surface area contributed by atoms with Crippen molar-refractivity contribution in [3.63, 3.8) is 0 Å². The molecule has 2 aromatic heterocycles. The highest BCUT2D eigenvalue weighted by Crippen LogP contribution is 2.20. The quantitative estimate of drug-likeness (QED) is 0.421. The number of nitrogens with two attached hydrogens (primary N) is 1. The summed E-state index contributed by atoms with van der Waals surface area (Å²) < 4.78 is 0. The second-order valence-corrected chi connectivity index (χ2v) is 8.52. The predicted molar refractivity (Wildman–Crippen MR) is 135 cm³/mol. The molecule has 10 heteroatoms. The molecule has 1 saturated heterocycles. The molecular weight excluding hydrogens is 444 g/mol. The zero-order chi connectivity index (χ0) is 24.6. The minimum Gasteiger partial charge on any atom is -0.382 e. The molecule has 1 aromatic carbocycles. The fourth-order valence-corrected chi connectivity index (χ4v) is 3.80. The molecule has 0 bridgehead atoms. The Morgan fingerprint density at radius 3 is 2.51 bits per heavy atom. The van der Waals surface area contributed by atoms with E-state index in [0.717, 1.165) is 44.7 Å². The van der Waals surface area contributed by atoms with Gasteiger partial charge in [-0.15, -0.1) is 0 Å². The van der Waals surface area contributed by atoms with Gasteiger partial charge in [0.15, 0.2) is 11.5 Å². The lowest BCUT2D eigenvalue weighted by Gasteiger charge is -2.32. The second kappa shape index (κ2) is 11.5. The number of piperazine rings is 1. The van der Waals surface area contributed by atoms with Crippen molar-refractivity contribution in [2.75, 3.05) is 57.4 Å². The van der Waals surface area contributed by atoms with E-state index < -0.39 is 5.91 Å². The van der Waals surface area contributed by atoms with Crippen LogP contribution in [0.25, 0.3) is 11.3 Å². The molecule has 35 heavy (non-hydrogen) atoms. The predicted octanol–water partition coefficient (Wildman–Crippen LogP) is 1.74. The first-order valence-corrected chi connectivity index (χ1v) is 11.6. The zero-order valence-electron chi connectivity index (χ0n) is 19.8. The Morgan fingerprint density at radius 1 is 1.03 bits per heavy atom. The Kier molecular flexibility index (Phi) is 7.96. The van der Waals surface area contributed by atoms with Crippen molar-refractivity contribution in [2.24, 2.45) is 0 Å². The van der Waals surface area contributed by atoms with E-state index in [4.69, 9.17) is 5.73 Å². The van der Waals surface area contributed by atoms with E-state index in [-0.39, 0.29) is 17.4 Å². The Labute approximate surface area is 204 Å². The van der Waals surface area contributed by atoms with E-state index in [9.17, 15) is 9.59 Å². The first-order chi connectivity index (χ1) is 17.0. The molecule has 0 saturated carbocycles. The zero-order valence-corrected chi connectivity index (χ0v) is 19.8. The molecule has 4 rings (SSSR count). The number of nitrogen functional groups attached to an aromatic ring is 1. The average molecular weight is 475 g/mol. The molecule has 0 aliphatic carbocycles. The highest BCUT2D eigenvalue weighted by atomic mass is 16.2. The van der Waals surface area contributed by atoms with Crippen LogP contribution in [0.4, 0.5) is 11.5 Å². The number of nitrogens with zero attached hydrogens (tertiary/aromatic N) is 5. The van der Waals surface area contributed by atoms with E-state index in [1.54, 1.807) is 42.6 Å². The van der Waals surface area contributed by atoms with Gasteiger partial charge in [0, 0.05) is 50.0 Å². The van der Waals surface area contributed by atoms with Gasteiger partial charge in [0.25, 0.3) is 11.8 Å². The third-order valence-electron chi connectivity index (χ3n) is 5.91. The van der Waals surface area contributed by atoms with Crippen LogP contribution in [0.15, 0.2) is 55.0 Å². The number of hydrogen-bond donors (Lipinski definition) is 3. The minimum atomic E-state index is -0.475. The summed E-state index contributed by atoms with van der Waals surface area (Å²) in [5.74, 6) is -0.560. The maximum atomic E-state index is 12.6. The number of aromatic nitrogens is 3. The lowest BCUT2D eigenvalue weighted by Crippen LogP contribution is -2.45. The number of likely N-dealkylation sites (N-methyl/N-ethyl adjacent to an activating group) is 1. The van der Waals surface area contributed by atoms with E-state index in [1.807, 2.05) is 0 Å². The van der Waals surface area contributed by atoms with Crippen LogP contribution in [0, 0.1) is 0 Å². The third kappa shape index (κ3) is 6.58. The summed E-state index contributed by atoms with van der Waals surface area (Å²) in [6.07, 6.45) is 5.56. The van der Waals surface area contributed by atoms with E-state index in [0.29, 0.717) is 23.5 Å². The van der Waals surface area contributed by atoms with Crippen molar-refractivity contribution in [2.45, 2.75) is 6.42 Å². The smallest absolute Gasteiger partial charge is 0.278 e. The first kappa shape index (κ1) is 24.2. The van der Waals surface area contributed by atoms with Gasteiger partial charge >= 0.3 is 0 Å². The Bertz CT molecular complexity index is 1150. The van der Waals surface area contributed by atoms with Gasteiger partial charge < -0.3 is 26.2 Å². The summed E-state index contributed by atoms with van der Waals surface area (Å²) in [7, 11) is 2.14. The monoisotopic (exact) mass is 474 g/mol. The number of pyridine rings is 1. The summed E-state index contributed by atoms with van der Waals surface area (Å²) in [5, 5.41) is 5.69. The fraction of sp³-hybridized carbons (Fsp3) is 0.320.